The number of aliphatic hydroxyl groups is 1. The van der Waals surface area contributed by atoms with E-state index >= 15 is 4.39 Å². The van der Waals surface area contributed by atoms with Crippen molar-refractivity contribution < 1.29 is 22.3 Å². The van der Waals surface area contributed by atoms with E-state index in [1.165, 1.54) is 18.3 Å². The maximum atomic E-state index is 15.5. The number of aliphatic hydroxyl groups excluding tert-OH is 1. The summed E-state index contributed by atoms with van der Waals surface area (Å²) in [5, 5.41) is 12.4. The van der Waals surface area contributed by atoms with E-state index in [2.05, 4.69) is 25.0 Å². The normalized spacial score (nSPS) is 13.0. The number of aromatic nitrogens is 3. The van der Waals surface area contributed by atoms with Crippen LogP contribution in [0.5, 0.6) is 0 Å². The molecule has 0 fully saturated rings. The van der Waals surface area contributed by atoms with E-state index in [1.54, 1.807) is 26.0 Å². The van der Waals surface area contributed by atoms with Gasteiger partial charge >= 0.3 is 0 Å². The quantitative estimate of drug-likeness (QED) is 0.406. The van der Waals surface area contributed by atoms with Gasteiger partial charge in [-0.3, -0.25) is 4.72 Å². The number of halogens is 1. The number of hydrogen-bond donors (Lipinski definition) is 3. The maximum Gasteiger partial charge on any atom is 0.232 e. The number of hydrogen-bond acceptors (Lipinski definition) is 8. The van der Waals surface area contributed by atoms with Crippen molar-refractivity contribution >= 4 is 21.7 Å². The van der Waals surface area contributed by atoms with Gasteiger partial charge in [0.2, 0.25) is 21.9 Å². The van der Waals surface area contributed by atoms with Crippen molar-refractivity contribution in [3.05, 3.63) is 42.2 Å². The monoisotopic (exact) mass is 491 g/mol. The van der Waals surface area contributed by atoms with Crippen LogP contribution < -0.4 is 10.0 Å². The molecule has 0 radical (unpaired) electrons. The van der Waals surface area contributed by atoms with Crippen molar-refractivity contribution in [2.45, 2.75) is 52.6 Å². The zero-order chi connectivity index (χ0) is 25.1. The van der Waals surface area contributed by atoms with E-state index in [0.29, 0.717) is 18.0 Å². The first kappa shape index (κ1) is 25.6. The molecule has 3 aromatic rings. The Bertz CT molecular complexity index is 1250. The number of nitrogens with one attached hydrogen (secondary N) is 2. The van der Waals surface area contributed by atoms with Crippen LogP contribution in [0.25, 0.3) is 22.7 Å². The van der Waals surface area contributed by atoms with Crippen molar-refractivity contribution in [2.75, 3.05) is 22.3 Å². The van der Waals surface area contributed by atoms with Gasteiger partial charge in [0.25, 0.3) is 0 Å². The summed E-state index contributed by atoms with van der Waals surface area (Å²) in [6.45, 7) is 9.34. The Labute approximate surface area is 198 Å². The van der Waals surface area contributed by atoms with Gasteiger partial charge in [-0.15, -0.1) is 0 Å². The Morgan fingerprint density at radius 3 is 2.59 bits per heavy atom. The molecule has 0 saturated heterocycles. The molecule has 1 atom stereocenters. The third kappa shape index (κ3) is 6.09. The van der Waals surface area contributed by atoms with Crippen LogP contribution in [0.15, 0.2) is 34.9 Å². The Balaban J connectivity index is 2.12. The lowest BCUT2D eigenvalue weighted by molar-refractivity contribution is 0.208. The summed E-state index contributed by atoms with van der Waals surface area (Å²) < 4.78 is 48.3. The summed E-state index contributed by atoms with van der Waals surface area (Å²) in [7, 11) is -3.69. The predicted octanol–water partition coefficient (Wildman–Crippen LogP) is 4.18. The first-order valence-corrected chi connectivity index (χ1v) is 12.6. The fraction of sp³-hybridized carbons (Fsp3) is 0.435. The highest BCUT2D eigenvalue weighted by Gasteiger charge is 2.28. The topological polar surface area (TPSA) is 130 Å². The molecule has 0 unspecified atom stereocenters. The third-order valence-corrected chi connectivity index (χ3v) is 6.18. The predicted molar refractivity (Wildman–Crippen MR) is 129 cm³/mol. The van der Waals surface area contributed by atoms with Gasteiger partial charge in [0.05, 0.1) is 17.5 Å². The average Bonchev–Trinajstić information content (AvgIpc) is 3.19. The van der Waals surface area contributed by atoms with E-state index in [9.17, 15) is 13.5 Å². The summed E-state index contributed by atoms with van der Waals surface area (Å²) in [4.78, 5) is 13.1. The summed E-state index contributed by atoms with van der Waals surface area (Å²) in [6, 6.07) is 6.02. The lowest BCUT2D eigenvalue weighted by atomic mass is 9.97. The van der Waals surface area contributed by atoms with Crippen LogP contribution in [0.1, 0.15) is 46.9 Å². The lowest BCUT2D eigenvalue weighted by Gasteiger charge is -2.12. The molecule has 34 heavy (non-hydrogen) atoms. The second kappa shape index (κ2) is 10.1. The summed E-state index contributed by atoms with van der Waals surface area (Å²) in [6.07, 6.45) is 1.31. The summed E-state index contributed by atoms with van der Waals surface area (Å²) in [5.41, 5.74) is -0.0247. The van der Waals surface area contributed by atoms with E-state index in [4.69, 9.17) is 4.42 Å². The molecule has 0 aliphatic rings. The van der Waals surface area contributed by atoms with Gasteiger partial charge in [-0.25, -0.2) is 27.8 Å². The molecule has 9 nitrogen and oxygen atoms in total. The van der Waals surface area contributed by atoms with Crippen LogP contribution in [0.2, 0.25) is 0 Å². The van der Waals surface area contributed by atoms with Gasteiger partial charge in [0, 0.05) is 23.7 Å². The number of sulfonamides is 1. The Morgan fingerprint density at radius 2 is 1.94 bits per heavy atom. The van der Waals surface area contributed by atoms with Gasteiger partial charge in [0.1, 0.15) is 11.4 Å². The third-order valence-electron chi connectivity index (χ3n) is 4.70. The number of anilines is 2. The average molecular weight is 492 g/mol. The second-order valence-electron chi connectivity index (χ2n) is 9.03. The molecule has 0 aliphatic heterocycles. The SMILES string of the molecule is CCCS(=O)(=O)Nc1cccc(-c2nc(C(C)(C)C)oc2-c2ccnc(NC[C@@H](C)O)n2)c1F. The van der Waals surface area contributed by atoms with Crippen LogP contribution in [-0.2, 0) is 15.4 Å². The molecule has 0 saturated carbocycles. The van der Waals surface area contributed by atoms with E-state index in [0.717, 1.165) is 0 Å². The van der Waals surface area contributed by atoms with Gasteiger partial charge in [-0.05, 0) is 31.5 Å². The fourth-order valence-electron chi connectivity index (χ4n) is 3.09. The Hall–Kier alpha value is -3.05. The zero-order valence-corrected chi connectivity index (χ0v) is 20.7. The van der Waals surface area contributed by atoms with E-state index in [1.807, 2.05) is 20.8 Å². The molecule has 3 N–H and O–H groups in total. The van der Waals surface area contributed by atoms with Gasteiger partial charge < -0.3 is 14.8 Å². The van der Waals surface area contributed by atoms with Gasteiger partial charge in [-0.2, -0.15) is 0 Å². The Kier molecular flexibility index (Phi) is 7.57. The van der Waals surface area contributed by atoms with Crippen LogP contribution in [0, 0.1) is 5.82 Å². The van der Waals surface area contributed by atoms with Gasteiger partial charge in [0.15, 0.2) is 11.6 Å². The minimum absolute atomic E-state index is 0.0723. The first-order chi connectivity index (χ1) is 15.9. The minimum atomic E-state index is -3.69. The fourth-order valence-corrected chi connectivity index (χ4v) is 4.22. The molecule has 0 amide bonds. The largest absolute Gasteiger partial charge is 0.438 e. The number of oxazole rings is 1. The van der Waals surface area contributed by atoms with Crippen molar-refractivity contribution in [2.24, 2.45) is 0 Å². The highest BCUT2D eigenvalue weighted by atomic mass is 32.2. The molecular formula is C23H30FN5O4S. The minimum Gasteiger partial charge on any atom is -0.438 e. The molecule has 11 heteroatoms. The van der Waals surface area contributed by atoms with Crippen molar-refractivity contribution in [1.29, 1.82) is 0 Å². The molecule has 0 bridgehead atoms. The van der Waals surface area contributed by atoms with Gasteiger partial charge in [-0.1, -0.05) is 33.8 Å². The summed E-state index contributed by atoms with van der Waals surface area (Å²) >= 11 is 0. The van der Waals surface area contributed by atoms with Crippen LogP contribution in [0.4, 0.5) is 16.0 Å². The molecular weight excluding hydrogens is 461 g/mol. The highest BCUT2D eigenvalue weighted by Crippen LogP contribution is 2.38. The lowest BCUT2D eigenvalue weighted by Crippen LogP contribution is -2.17. The summed E-state index contributed by atoms with van der Waals surface area (Å²) in [5.74, 6) is -0.0346. The van der Waals surface area contributed by atoms with Crippen molar-refractivity contribution in [3.63, 3.8) is 0 Å². The van der Waals surface area contributed by atoms with Crippen molar-refractivity contribution in [3.8, 4) is 22.7 Å². The number of benzene rings is 1. The number of nitrogens with zero attached hydrogens (tertiary/aromatic N) is 3. The highest BCUT2D eigenvalue weighted by molar-refractivity contribution is 7.92. The van der Waals surface area contributed by atoms with Crippen LogP contribution in [0.3, 0.4) is 0 Å². The first-order valence-electron chi connectivity index (χ1n) is 11.0. The van der Waals surface area contributed by atoms with E-state index < -0.39 is 27.4 Å². The number of rotatable bonds is 9. The molecule has 0 aliphatic carbocycles. The van der Waals surface area contributed by atoms with Crippen molar-refractivity contribution in [1.82, 2.24) is 15.0 Å². The Morgan fingerprint density at radius 1 is 1.21 bits per heavy atom. The standard InChI is InChI=1S/C23H30FN5O4S/c1-6-12-34(31,32)29-16-9-7-8-15(18(16)24)19-20(33-21(28-19)23(3,4)5)17-10-11-25-22(27-17)26-13-14(2)30/h7-11,14,29-30H,6,12-13H2,1-5H3,(H,25,26,27)/t14-/m1/s1. The smallest absolute Gasteiger partial charge is 0.232 e. The van der Waals surface area contributed by atoms with Crippen LogP contribution >= 0.6 is 0 Å². The maximum absolute atomic E-state index is 15.5. The zero-order valence-electron chi connectivity index (χ0n) is 19.9. The molecule has 0 spiro atoms. The molecule has 2 aromatic heterocycles. The molecule has 184 valence electrons. The van der Waals surface area contributed by atoms with E-state index in [-0.39, 0.29) is 41.0 Å². The van der Waals surface area contributed by atoms with Crippen LogP contribution in [-0.4, -0.2) is 46.9 Å². The molecule has 1 aromatic carbocycles. The molecule has 3 rings (SSSR count). The second-order valence-corrected chi connectivity index (χ2v) is 10.9. The molecule has 2 heterocycles.